The predicted octanol–water partition coefficient (Wildman–Crippen LogP) is 2.81. The summed E-state index contributed by atoms with van der Waals surface area (Å²) in [7, 11) is 1.70. The molecule has 5 nitrogen and oxygen atoms in total. The van der Waals surface area contributed by atoms with Crippen molar-refractivity contribution in [2.45, 2.75) is 19.6 Å². The highest BCUT2D eigenvalue weighted by Gasteiger charge is 2.12. The summed E-state index contributed by atoms with van der Waals surface area (Å²) in [6.45, 7) is 2.86. The van der Waals surface area contributed by atoms with E-state index in [2.05, 4.69) is 43.0 Å². The molecule has 0 amide bonds. The molecule has 0 bridgehead atoms. The molecule has 1 unspecified atom stereocenters. The van der Waals surface area contributed by atoms with E-state index in [9.17, 15) is 5.11 Å². The fourth-order valence-electron chi connectivity index (χ4n) is 1.77. The minimum absolute atomic E-state index is 0.333. The second-order valence-electron chi connectivity index (χ2n) is 4.53. The Balaban J connectivity index is 1.80. The molecule has 0 radical (unpaired) electrons. The summed E-state index contributed by atoms with van der Waals surface area (Å²) in [5.41, 5.74) is 1.18. The van der Waals surface area contributed by atoms with Crippen LogP contribution in [0.25, 0.3) is 0 Å². The van der Waals surface area contributed by atoms with Crippen molar-refractivity contribution in [3.05, 3.63) is 44.4 Å². The molecule has 2 heterocycles. The molecule has 0 aliphatic heterocycles. The monoisotopic (exact) mass is 371 g/mol. The molecule has 0 aliphatic carbocycles. The smallest absolute Gasteiger partial charge is 0.191 e. The van der Waals surface area contributed by atoms with Crippen molar-refractivity contribution in [3.63, 3.8) is 0 Å². The molecule has 2 aromatic rings. The van der Waals surface area contributed by atoms with Crippen molar-refractivity contribution in [3.8, 4) is 0 Å². The van der Waals surface area contributed by atoms with E-state index in [1.165, 1.54) is 5.56 Å². The van der Waals surface area contributed by atoms with Gasteiger partial charge in [0.05, 0.1) is 10.3 Å². The van der Waals surface area contributed by atoms with E-state index >= 15 is 0 Å². The first kappa shape index (κ1) is 16.1. The van der Waals surface area contributed by atoms with Crippen LogP contribution in [-0.4, -0.2) is 24.7 Å². The van der Waals surface area contributed by atoms with Crippen molar-refractivity contribution < 1.29 is 9.52 Å². The summed E-state index contributed by atoms with van der Waals surface area (Å²) in [6, 6.07) is 5.67. The molecule has 114 valence electrons. The van der Waals surface area contributed by atoms with Crippen LogP contribution in [0.3, 0.4) is 0 Å². The third-order valence-electron chi connectivity index (χ3n) is 2.86. The van der Waals surface area contributed by atoms with E-state index in [-0.39, 0.29) is 0 Å². The summed E-state index contributed by atoms with van der Waals surface area (Å²) in [4.78, 5) is 4.13. The zero-order valence-electron chi connectivity index (χ0n) is 11.9. The number of thiophene rings is 1. The number of guanidine groups is 1. The Kier molecular flexibility index (Phi) is 5.84. The number of furan rings is 1. The van der Waals surface area contributed by atoms with Crippen LogP contribution in [0, 0.1) is 6.92 Å². The number of aliphatic imine (C=N–C) groups is 1. The lowest BCUT2D eigenvalue weighted by atomic mass is 10.3. The Hall–Kier alpha value is -1.31. The molecule has 0 aliphatic rings. The molecule has 0 saturated carbocycles. The Morgan fingerprint density at radius 3 is 2.86 bits per heavy atom. The van der Waals surface area contributed by atoms with Crippen molar-refractivity contribution >= 4 is 33.2 Å². The zero-order valence-corrected chi connectivity index (χ0v) is 14.3. The molecule has 1 atom stereocenters. The number of aliphatic hydroxyl groups is 1. The van der Waals surface area contributed by atoms with E-state index in [4.69, 9.17) is 4.42 Å². The predicted molar refractivity (Wildman–Crippen MR) is 88.6 cm³/mol. The van der Waals surface area contributed by atoms with Crippen LogP contribution in [0.15, 0.2) is 36.8 Å². The second-order valence-corrected chi connectivity index (χ2v) is 6.82. The van der Waals surface area contributed by atoms with Gasteiger partial charge >= 0.3 is 0 Å². The number of nitrogens with one attached hydrogen (secondary N) is 2. The average molecular weight is 372 g/mol. The van der Waals surface area contributed by atoms with E-state index in [0.717, 1.165) is 9.55 Å². The number of aliphatic hydroxyl groups excluding tert-OH is 1. The first-order valence-electron chi connectivity index (χ1n) is 6.50. The lowest BCUT2D eigenvalue weighted by Crippen LogP contribution is -2.38. The standard InChI is InChI=1S/C14H18BrN3O2S/c1-9-3-4-12(20-9)11(19)7-18-14(16-2)17-6-10-5-13(15)21-8-10/h3-5,8,11,19H,6-7H2,1-2H3,(H2,16,17,18). The Bertz CT molecular complexity index is 609. The number of hydrogen-bond acceptors (Lipinski definition) is 4. The molecular formula is C14H18BrN3O2S. The summed E-state index contributed by atoms with van der Waals surface area (Å²) in [5.74, 6) is 1.98. The normalized spacial score (nSPS) is 13.2. The van der Waals surface area contributed by atoms with Gasteiger partial charge in [-0.25, -0.2) is 0 Å². The molecule has 3 N–H and O–H groups in total. The van der Waals surface area contributed by atoms with Crippen LogP contribution in [0.2, 0.25) is 0 Å². The highest BCUT2D eigenvalue weighted by Crippen LogP contribution is 2.20. The van der Waals surface area contributed by atoms with Crippen LogP contribution in [0.5, 0.6) is 0 Å². The van der Waals surface area contributed by atoms with Gasteiger partial charge < -0.3 is 20.2 Å². The van der Waals surface area contributed by atoms with Crippen molar-refractivity contribution in [2.24, 2.45) is 4.99 Å². The molecule has 0 fully saturated rings. The lowest BCUT2D eigenvalue weighted by Gasteiger charge is -2.13. The molecule has 2 aromatic heterocycles. The van der Waals surface area contributed by atoms with Crippen LogP contribution in [0.4, 0.5) is 0 Å². The molecular weight excluding hydrogens is 354 g/mol. The van der Waals surface area contributed by atoms with E-state index in [1.807, 2.05) is 13.0 Å². The summed E-state index contributed by atoms with van der Waals surface area (Å²) >= 11 is 5.08. The maximum absolute atomic E-state index is 10.0. The number of halogens is 1. The van der Waals surface area contributed by atoms with E-state index < -0.39 is 6.10 Å². The number of rotatable bonds is 5. The van der Waals surface area contributed by atoms with Crippen molar-refractivity contribution in [2.75, 3.05) is 13.6 Å². The summed E-state index contributed by atoms with van der Waals surface area (Å²) < 4.78 is 6.49. The van der Waals surface area contributed by atoms with Gasteiger partial charge in [0, 0.05) is 13.6 Å². The SMILES string of the molecule is CN=C(NCc1csc(Br)c1)NCC(O)c1ccc(C)o1. The first-order valence-corrected chi connectivity index (χ1v) is 8.17. The molecule has 0 spiro atoms. The third kappa shape index (κ3) is 4.87. The molecule has 7 heteroatoms. The minimum atomic E-state index is -0.701. The highest BCUT2D eigenvalue weighted by molar-refractivity contribution is 9.11. The maximum Gasteiger partial charge on any atom is 0.191 e. The van der Waals surface area contributed by atoms with Gasteiger partial charge in [0.1, 0.15) is 17.6 Å². The van der Waals surface area contributed by atoms with Crippen molar-refractivity contribution in [1.82, 2.24) is 10.6 Å². The summed E-state index contributed by atoms with van der Waals surface area (Å²) in [6.07, 6.45) is -0.701. The van der Waals surface area contributed by atoms with Crippen LogP contribution in [0.1, 0.15) is 23.2 Å². The lowest BCUT2D eigenvalue weighted by molar-refractivity contribution is 0.151. The molecule has 21 heavy (non-hydrogen) atoms. The zero-order chi connectivity index (χ0) is 15.2. The van der Waals surface area contributed by atoms with Gasteiger partial charge in [-0.2, -0.15) is 0 Å². The minimum Gasteiger partial charge on any atom is -0.464 e. The van der Waals surface area contributed by atoms with Crippen molar-refractivity contribution in [1.29, 1.82) is 0 Å². The van der Waals surface area contributed by atoms with Gasteiger partial charge in [0.2, 0.25) is 0 Å². The van der Waals surface area contributed by atoms with Crippen LogP contribution in [-0.2, 0) is 6.54 Å². The number of aryl methyl sites for hydroxylation is 1. The second kappa shape index (κ2) is 7.63. The van der Waals surface area contributed by atoms with Gasteiger partial charge in [0.25, 0.3) is 0 Å². The molecule has 2 rings (SSSR count). The Morgan fingerprint density at radius 1 is 1.48 bits per heavy atom. The van der Waals surface area contributed by atoms with Gasteiger partial charge in [-0.3, -0.25) is 4.99 Å². The van der Waals surface area contributed by atoms with Gasteiger partial charge in [0.15, 0.2) is 5.96 Å². The largest absolute Gasteiger partial charge is 0.464 e. The van der Waals surface area contributed by atoms with E-state index in [1.54, 1.807) is 24.5 Å². The first-order chi connectivity index (χ1) is 10.1. The third-order valence-corrected chi connectivity index (χ3v) is 4.41. The van der Waals surface area contributed by atoms with Crippen LogP contribution >= 0.6 is 27.3 Å². The maximum atomic E-state index is 10.0. The van der Waals surface area contributed by atoms with Gasteiger partial charge in [-0.05, 0) is 52.0 Å². The number of hydrogen-bond donors (Lipinski definition) is 3. The van der Waals surface area contributed by atoms with Crippen LogP contribution < -0.4 is 10.6 Å². The Labute approximate surface area is 136 Å². The molecule has 0 aromatic carbocycles. The Morgan fingerprint density at radius 2 is 2.29 bits per heavy atom. The average Bonchev–Trinajstić information content (AvgIpc) is 3.07. The fraction of sp³-hybridized carbons (Fsp3) is 0.357. The van der Waals surface area contributed by atoms with Gasteiger partial charge in [-0.15, -0.1) is 11.3 Å². The molecule has 0 saturated heterocycles. The quantitative estimate of drug-likeness (QED) is 0.558. The highest BCUT2D eigenvalue weighted by atomic mass is 79.9. The van der Waals surface area contributed by atoms with E-state index in [0.29, 0.717) is 24.8 Å². The fourth-order valence-corrected chi connectivity index (χ4v) is 2.98. The number of nitrogens with zero attached hydrogens (tertiary/aromatic N) is 1. The summed E-state index contributed by atoms with van der Waals surface area (Å²) in [5, 5.41) is 18.4. The van der Waals surface area contributed by atoms with Gasteiger partial charge in [-0.1, -0.05) is 0 Å². The topological polar surface area (TPSA) is 69.8 Å².